The number of hydrogen-bond acceptors (Lipinski definition) is 5. The average molecular weight is 462 g/mol. The predicted molar refractivity (Wildman–Crippen MR) is 123 cm³/mol. The summed E-state index contributed by atoms with van der Waals surface area (Å²) in [5, 5.41) is 5.26. The second-order valence-electron chi connectivity index (χ2n) is 8.15. The lowest BCUT2D eigenvalue weighted by Gasteiger charge is -2.18. The molecule has 0 aliphatic carbocycles. The van der Waals surface area contributed by atoms with E-state index in [0.29, 0.717) is 34.8 Å². The van der Waals surface area contributed by atoms with Crippen LogP contribution in [0.5, 0.6) is 0 Å². The minimum absolute atomic E-state index is 0.00642. The van der Waals surface area contributed by atoms with Crippen molar-refractivity contribution in [2.45, 2.75) is 44.6 Å². The summed E-state index contributed by atoms with van der Waals surface area (Å²) in [6.07, 6.45) is 0. The lowest BCUT2D eigenvalue weighted by Crippen LogP contribution is -2.20. The molecule has 9 heteroatoms. The molecule has 1 aromatic heterocycles. The molecule has 0 bridgehead atoms. The first-order chi connectivity index (χ1) is 14.5. The van der Waals surface area contributed by atoms with Crippen molar-refractivity contribution in [1.82, 2.24) is 4.57 Å². The Morgan fingerprint density at radius 3 is 2.42 bits per heavy atom. The first-order valence-corrected chi connectivity index (χ1v) is 12.3. The van der Waals surface area contributed by atoms with Crippen molar-refractivity contribution in [1.29, 1.82) is 0 Å². The van der Waals surface area contributed by atoms with Gasteiger partial charge in [0.15, 0.2) is 4.80 Å². The summed E-state index contributed by atoms with van der Waals surface area (Å²) < 4.78 is 31.4. The Hall–Kier alpha value is -2.33. The van der Waals surface area contributed by atoms with Gasteiger partial charge in [-0.2, -0.15) is 4.99 Å². The molecule has 1 amide bonds. The van der Waals surface area contributed by atoms with Crippen molar-refractivity contribution < 1.29 is 17.9 Å². The van der Waals surface area contributed by atoms with E-state index >= 15 is 0 Å². The zero-order valence-corrected chi connectivity index (χ0v) is 19.7. The van der Waals surface area contributed by atoms with E-state index in [1.165, 1.54) is 23.5 Å². The molecule has 3 rings (SSSR count). The highest BCUT2D eigenvalue weighted by Crippen LogP contribution is 2.23. The maximum atomic E-state index is 12.8. The van der Waals surface area contributed by atoms with Crippen LogP contribution in [0.1, 0.15) is 43.6 Å². The van der Waals surface area contributed by atoms with E-state index in [4.69, 9.17) is 9.88 Å². The molecule has 0 saturated heterocycles. The zero-order chi connectivity index (χ0) is 22.8. The maximum absolute atomic E-state index is 12.8. The fourth-order valence-electron chi connectivity index (χ4n) is 3.10. The second-order valence-corrected chi connectivity index (χ2v) is 10.7. The number of amides is 1. The number of aromatic nitrogens is 1. The van der Waals surface area contributed by atoms with Gasteiger partial charge in [-0.05, 0) is 48.2 Å². The van der Waals surface area contributed by atoms with Gasteiger partial charge in [0, 0.05) is 18.7 Å². The van der Waals surface area contributed by atoms with E-state index in [1.807, 2.05) is 23.6 Å². The van der Waals surface area contributed by atoms with Crippen molar-refractivity contribution in [3.63, 3.8) is 0 Å². The number of rotatable bonds is 6. The van der Waals surface area contributed by atoms with Crippen LogP contribution in [0.25, 0.3) is 10.2 Å². The van der Waals surface area contributed by atoms with E-state index in [0.717, 1.165) is 11.1 Å². The topological polar surface area (TPSA) is 104 Å². The number of ether oxygens (including phenoxy) is 1. The Bertz CT molecular complexity index is 1260. The fraction of sp³-hybridized carbons (Fsp3) is 0.364. The van der Waals surface area contributed by atoms with Gasteiger partial charge in [-0.15, -0.1) is 0 Å². The average Bonchev–Trinajstić information content (AvgIpc) is 3.03. The molecule has 0 radical (unpaired) electrons. The lowest BCUT2D eigenvalue weighted by atomic mass is 9.87. The Morgan fingerprint density at radius 1 is 1.16 bits per heavy atom. The van der Waals surface area contributed by atoms with Crippen LogP contribution in [0.3, 0.4) is 0 Å². The van der Waals surface area contributed by atoms with Crippen LogP contribution in [0.2, 0.25) is 0 Å². The van der Waals surface area contributed by atoms with Gasteiger partial charge in [-0.25, -0.2) is 13.6 Å². The van der Waals surface area contributed by atoms with Crippen LogP contribution in [0, 0.1) is 0 Å². The van der Waals surface area contributed by atoms with Gasteiger partial charge < -0.3 is 9.30 Å². The molecule has 0 unspecified atom stereocenters. The van der Waals surface area contributed by atoms with Gasteiger partial charge in [0.2, 0.25) is 10.0 Å². The van der Waals surface area contributed by atoms with Gasteiger partial charge >= 0.3 is 0 Å². The van der Waals surface area contributed by atoms with Crippen molar-refractivity contribution in [2.24, 2.45) is 10.1 Å². The van der Waals surface area contributed by atoms with Crippen molar-refractivity contribution in [3.8, 4) is 0 Å². The van der Waals surface area contributed by atoms with Crippen molar-refractivity contribution in [2.75, 3.05) is 13.2 Å². The van der Waals surface area contributed by atoms with E-state index in [-0.39, 0.29) is 16.2 Å². The first kappa shape index (κ1) is 23.3. The molecular weight excluding hydrogens is 434 g/mol. The SMILES string of the molecule is CCOCCn1c(=NC(=O)c2ccc(C(C)(C)C)cc2)sc2cc(S(N)(=O)=O)ccc21. The molecule has 1 heterocycles. The van der Waals surface area contributed by atoms with Crippen LogP contribution in [-0.4, -0.2) is 32.1 Å². The number of sulfonamides is 1. The molecule has 0 aliphatic heterocycles. The van der Waals surface area contributed by atoms with Gasteiger partial charge in [0.25, 0.3) is 5.91 Å². The largest absolute Gasteiger partial charge is 0.380 e. The van der Waals surface area contributed by atoms with Gasteiger partial charge in [0.1, 0.15) is 0 Å². The Balaban J connectivity index is 2.06. The number of hydrogen-bond donors (Lipinski definition) is 1. The molecule has 2 N–H and O–H groups in total. The van der Waals surface area contributed by atoms with Crippen LogP contribution < -0.4 is 9.94 Å². The molecule has 0 fully saturated rings. The second kappa shape index (κ2) is 9.04. The maximum Gasteiger partial charge on any atom is 0.279 e. The van der Waals surface area contributed by atoms with Crippen LogP contribution in [0.15, 0.2) is 52.4 Å². The Morgan fingerprint density at radius 2 is 1.84 bits per heavy atom. The summed E-state index contributed by atoms with van der Waals surface area (Å²) >= 11 is 1.24. The minimum atomic E-state index is -3.83. The Labute approximate surface area is 186 Å². The van der Waals surface area contributed by atoms with Gasteiger partial charge in [0.05, 0.1) is 21.7 Å². The summed E-state index contributed by atoms with van der Waals surface area (Å²) in [6.45, 7) is 9.75. The monoisotopic (exact) mass is 461 g/mol. The number of primary sulfonamides is 1. The number of carbonyl (C=O) groups is 1. The highest BCUT2D eigenvalue weighted by atomic mass is 32.2. The quantitative estimate of drug-likeness (QED) is 0.568. The van der Waals surface area contributed by atoms with E-state index in [9.17, 15) is 13.2 Å². The van der Waals surface area contributed by atoms with E-state index < -0.39 is 10.0 Å². The molecule has 3 aromatic rings. The third kappa shape index (κ3) is 5.48. The van der Waals surface area contributed by atoms with Gasteiger partial charge in [-0.1, -0.05) is 44.2 Å². The third-order valence-electron chi connectivity index (χ3n) is 4.84. The highest BCUT2D eigenvalue weighted by Gasteiger charge is 2.16. The van der Waals surface area contributed by atoms with Crippen molar-refractivity contribution >= 4 is 37.5 Å². The van der Waals surface area contributed by atoms with Crippen molar-refractivity contribution in [3.05, 3.63) is 58.4 Å². The standard InChI is InChI=1S/C22H27N3O4S2/c1-5-29-13-12-25-18-11-10-17(31(23,27)28)14-19(18)30-21(25)24-20(26)15-6-8-16(9-7-15)22(2,3)4/h6-11,14H,5,12-13H2,1-4H3,(H2,23,27,28). The number of benzene rings is 2. The first-order valence-electron chi connectivity index (χ1n) is 9.94. The number of carbonyl (C=O) groups excluding carboxylic acids is 1. The number of thiazole rings is 1. The predicted octanol–water partition coefficient (Wildman–Crippen LogP) is 3.43. The summed E-state index contributed by atoms with van der Waals surface area (Å²) in [6, 6.07) is 12.1. The molecule has 0 spiro atoms. The summed E-state index contributed by atoms with van der Waals surface area (Å²) in [7, 11) is -3.83. The highest BCUT2D eigenvalue weighted by molar-refractivity contribution is 7.89. The molecule has 0 saturated carbocycles. The summed E-state index contributed by atoms with van der Waals surface area (Å²) in [5.74, 6) is -0.358. The molecule has 2 aromatic carbocycles. The Kier molecular flexibility index (Phi) is 6.80. The molecule has 31 heavy (non-hydrogen) atoms. The molecular formula is C22H27N3O4S2. The number of fused-ring (bicyclic) bond motifs is 1. The molecule has 0 aliphatic rings. The van der Waals surface area contributed by atoms with Gasteiger partial charge in [-0.3, -0.25) is 4.79 Å². The summed E-state index contributed by atoms with van der Waals surface area (Å²) in [5.41, 5.74) is 2.39. The minimum Gasteiger partial charge on any atom is -0.380 e. The number of nitrogens with zero attached hydrogens (tertiary/aromatic N) is 2. The zero-order valence-electron chi connectivity index (χ0n) is 18.1. The number of nitrogens with two attached hydrogens (primary N) is 1. The summed E-state index contributed by atoms with van der Waals surface area (Å²) in [4.78, 5) is 17.7. The van der Waals surface area contributed by atoms with E-state index in [1.54, 1.807) is 18.2 Å². The fourth-order valence-corrected chi connectivity index (χ4v) is 4.80. The lowest BCUT2D eigenvalue weighted by molar-refractivity contribution is 0.0996. The molecule has 7 nitrogen and oxygen atoms in total. The van der Waals surface area contributed by atoms with Crippen LogP contribution >= 0.6 is 11.3 Å². The third-order valence-corrected chi connectivity index (χ3v) is 6.79. The normalized spacial score (nSPS) is 13.1. The smallest absolute Gasteiger partial charge is 0.279 e. The molecule has 166 valence electrons. The van der Waals surface area contributed by atoms with E-state index in [2.05, 4.69) is 25.8 Å². The molecule has 0 atom stereocenters. The van der Waals surface area contributed by atoms with Crippen LogP contribution in [-0.2, 0) is 26.7 Å². The van der Waals surface area contributed by atoms with Crippen LogP contribution in [0.4, 0.5) is 0 Å².